The van der Waals surface area contributed by atoms with Crippen LogP contribution in [0.1, 0.15) is 36.6 Å². The van der Waals surface area contributed by atoms with Gasteiger partial charge in [-0.15, -0.1) is 0 Å². The molecule has 6 rings (SSSR count). The maximum atomic E-state index is 16.4. The summed E-state index contributed by atoms with van der Waals surface area (Å²) in [5.41, 5.74) is 6.93. The van der Waals surface area contributed by atoms with Crippen LogP contribution in [0.4, 0.5) is 10.2 Å². The predicted octanol–water partition coefficient (Wildman–Crippen LogP) is 5.13. The number of rotatable bonds is 7. The molecule has 3 atom stereocenters. The van der Waals surface area contributed by atoms with E-state index in [0.717, 1.165) is 16.7 Å². The van der Waals surface area contributed by atoms with Gasteiger partial charge in [0.2, 0.25) is 0 Å². The summed E-state index contributed by atoms with van der Waals surface area (Å²) in [6.07, 6.45) is -0.104. The normalized spacial score (nSPS) is 21.9. The monoisotopic (exact) mass is 539 g/mol. The summed E-state index contributed by atoms with van der Waals surface area (Å²) in [6.45, 7) is 3.43. The lowest BCUT2D eigenvalue weighted by Gasteiger charge is -2.36. The number of nitrogens with zero attached hydrogens (tertiary/aromatic N) is 2. The Labute approximate surface area is 231 Å². The lowest BCUT2D eigenvalue weighted by Crippen LogP contribution is -2.36. The van der Waals surface area contributed by atoms with Crippen LogP contribution in [0.25, 0.3) is 0 Å². The molecule has 7 nitrogen and oxygen atoms in total. The molecule has 1 fully saturated rings. The van der Waals surface area contributed by atoms with Gasteiger partial charge in [-0.2, -0.15) is 4.98 Å². The van der Waals surface area contributed by atoms with Crippen molar-refractivity contribution < 1.29 is 18.6 Å². The largest absolute Gasteiger partial charge is 0.383 e. The zero-order chi connectivity index (χ0) is 27.9. The van der Waals surface area contributed by atoms with E-state index in [1.807, 2.05) is 91.0 Å². The van der Waals surface area contributed by atoms with E-state index in [2.05, 4.69) is 4.98 Å². The SMILES string of the molecule is CC1(C)O[C@@H]2[C@H](O1)C(COC(c1ccccc1)(c1ccccc1)c1ccccc1)=C(F)[C@H]2n1ccc(N)nc1=O. The van der Waals surface area contributed by atoms with Crippen molar-refractivity contribution in [2.45, 2.75) is 43.5 Å². The number of hydrogen-bond acceptors (Lipinski definition) is 6. The minimum absolute atomic E-state index is 0.0611. The van der Waals surface area contributed by atoms with E-state index in [4.69, 9.17) is 19.9 Å². The average Bonchev–Trinajstić information content (AvgIpc) is 3.40. The van der Waals surface area contributed by atoms with E-state index in [9.17, 15) is 4.79 Å². The smallest absolute Gasteiger partial charge is 0.350 e. The molecule has 1 saturated heterocycles. The average molecular weight is 540 g/mol. The second-order valence-corrected chi connectivity index (χ2v) is 10.4. The number of nitrogen functional groups attached to an aromatic ring is 1. The highest BCUT2D eigenvalue weighted by atomic mass is 19.1. The quantitative estimate of drug-likeness (QED) is 0.328. The third-order valence-electron chi connectivity index (χ3n) is 7.49. The van der Waals surface area contributed by atoms with Gasteiger partial charge < -0.3 is 19.9 Å². The fourth-order valence-corrected chi connectivity index (χ4v) is 5.78. The Balaban J connectivity index is 1.48. The Bertz CT molecular complexity index is 1490. The summed E-state index contributed by atoms with van der Waals surface area (Å²) in [7, 11) is 0. The number of aromatic nitrogens is 2. The second kappa shape index (κ2) is 10.1. The summed E-state index contributed by atoms with van der Waals surface area (Å²) < 4.78 is 36.8. The van der Waals surface area contributed by atoms with Gasteiger partial charge in [0.15, 0.2) is 5.79 Å². The summed E-state index contributed by atoms with van der Waals surface area (Å²) in [5, 5.41) is 0. The first-order chi connectivity index (χ1) is 19.3. The molecule has 2 heterocycles. The fourth-order valence-electron chi connectivity index (χ4n) is 5.78. The molecule has 0 radical (unpaired) electrons. The summed E-state index contributed by atoms with van der Waals surface area (Å²) in [4.78, 5) is 16.6. The Morgan fingerprint density at radius 2 is 1.43 bits per heavy atom. The number of nitrogens with two attached hydrogens (primary N) is 1. The highest BCUT2D eigenvalue weighted by Gasteiger charge is 2.55. The molecule has 204 valence electrons. The second-order valence-electron chi connectivity index (χ2n) is 10.4. The van der Waals surface area contributed by atoms with Crippen LogP contribution in [-0.2, 0) is 19.8 Å². The number of benzene rings is 3. The van der Waals surface area contributed by atoms with Crippen LogP contribution >= 0.6 is 0 Å². The van der Waals surface area contributed by atoms with Crippen molar-refractivity contribution >= 4 is 5.82 Å². The van der Waals surface area contributed by atoms with Crippen molar-refractivity contribution in [2.75, 3.05) is 12.3 Å². The highest BCUT2D eigenvalue weighted by Crippen LogP contribution is 2.49. The van der Waals surface area contributed by atoms with Crippen LogP contribution < -0.4 is 11.4 Å². The molecule has 8 heteroatoms. The van der Waals surface area contributed by atoms with Gasteiger partial charge in [0.1, 0.15) is 35.5 Å². The Kier molecular flexibility index (Phi) is 6.62. The van der Waals surface area contributed by atoms with Gasteiger partial charge in [-0.05, 0) is 36.6 Å². The zero-order valence-electron chi connectivity index (χ0n) is 22.2. The maximum Gasteiger partial charge on any atom is 0.350 e. The summed E-state index contributed by atoms with van der Waals surface area (Å²) >= 11 is 0. The van der Waals surface area contributed by atoms with Gasteiger partial charge in [-0.1, -0.05) is 91.0 Å². The highest BCUT2D eigenvalue weighted by molar-refractivity contribution is 5.48. The van der Waals surface area contributed by atoms with E-state index in [-0.39, 0.29) is 18.0 Å². The standard InChI is InChI=1S/C32H30FN3O4/c1-31(2)39-28-24(26(33)27(29(28)40-31)36-19-18-25(34)35-30(36)37)20-38-32(21-12-6-3-7-13-21,22-14-8-4-9-15-22)23-16-10-5-11-17-23/h3-19,27-29H,20H2,1-2H3,(H2,34,35,37)/t27-,28-,29+/m1/s1. The lowest BCUT2D eigenvalue weighted by molar-refractivity contribution is -0.150. The van der Waals surface area contributed by atoms with Gasteiger partial charge in [0.05, 0.1) is 6.61 Å². The molecule has 3 aromatic carbocycles. The van der Waals surface area contributed by atoms with Crippen LogP contribution in [-0.4, -0.2) is 34.2 Å². The third-order valence-corrected chi connectivity index (χ3v) is 7.49. The molecule has 2 N–H and O–H groups in total. The molecule has 4 aromatic rings. The van der Waals surface area contributed by atoms with Crippen molar-refractivity contribution in [1.82, 2.24) is 9.55 Å². The number of anilines is 1. The van der Waals surface area contributed by atoms with Crippen LogP contribution in [0.3, 0.4) is 0 Å². The molecular weight excluding hydrogens is 509 g/mol. The Morgan fingerprint density at radius 1 is 0.900 bits per heavy atom. The molecule has 0 unspecified atom stereocenters. The van der Waals surface area contributed by atoms with Gasteiger partial charge in [0, 0.05) is 11.8 Å². The third kappa shape index (κ3) is 4.44. The zero-order valence-corrected chi connectivity index (χ0v) is 22.2. The van der Waals surface area contributed by atoms with Gasteiger partial charge in [-0.3, -0.25) is 4.57 Å². The number of hydrogen-bond donors (Lipinski definition) is 1. The maximum absolute atomic E-state index is 16.4. The Hall–Kier alpha value is -4.11. The molecule has 0 saturated carbocycles. The van der Waals surface area contributed by atoms with Crippen molar-refractivity contribution in [3.63, 3.8) is 0 Å². The molecule has 0 spiro atoms. The molecular formula is C32H30FN3O4. The van der Waals surface area contributed by atoms with E-state index >= 15 is 4.39 Å². The van der Waals surface area contributed by atoms with Crippen molar-refractivity contribution in [3.05, 3.63) is 142 Å². The minimum Gasteiger partial charge on any atom is -0.383 e. The first kappa shape index (κ1) is 26.1. The molecule has 0 amide bonds. The van der Waals surface area contributed by atoms with E-state index in [1.165, 1.54) is 16.8 Å². The van der Waals surface area contributed by atoms with E-state index < -0.39 is 41.2 Å². The number of halogens is 1. The Morgan fingerprint density at radius 3 is 1.93 bits per heavy atom. The van der Waals surface area contributed by atoms with E-state index in [1.54, 1.807) is 13.8 Å². The molecule has 0 bridgehead atoms. The summed E-state index contributed by atoms with van der Waals surface area (Å²) in [5.74, 6) is -1.46. The first-order valence-electron chi connectivity index (χ1n) is 13.2. The van der Waals surface area contributed by atoms with Crippen LogP contribution in [0, 0.1) is 0 Å². The topological polar surface area (TPSA) is 88.6 Å². The minimum atomic E-state index is -1.06. The molecule has 2 aliphatic rings. The van der Waals surface area contributed by atoms with Gasteiger partial charge >= 0.3 is 5.69 Å². The van der Waals surface area contributed by atoms with Crippen LogP contribution in [0.5, 0.6) is 0 Å². The lowest BCUT2D eigenvalue weighted by atomic mass is 9.80. The van der Waals surface area contributed by atoms with Crippen molar-refractivity contribution in [2.24, 2.45) is 0 Å². The van der Waals surface area contributed by atoms with Crippen molar-refractivity contribution in [3.8, 4) is 0 Å². The first-order valence-corrected chi connectivity index (χ1v) is 13.2. The van der Waals surface area contributed by atoms with Crippen LogP contribution in [0.2, 0.25) is 0 Å². The number of fused-ring (bicyclic) bond motifs is 1. The molecule has 1 aliphatic carbocycles. The molecule has 40 heavy (non-hydrogen) atoms. The predicted molar refractivity (Wildman–Crippen MR) is 149 cm³/mol. The van der Waals surface area contributed by atoms with Crippen molar-refractivity contribution in [1.29, 1.82) is 0 Å². The van der Waals surface area contributed by atoms with Crippen LogP contribution in [0.15, 0.2) is 119 Å². The molecule has 1 aromatic heterocycles. The molecule has 1 aliphatic heterocycles. The number of ether oxygens (including phenoxy) is 3. The van der Waals surface area contributed by atoms with Gasteiger partial charge in [0.25, 0.3) is 0 Å². The van der Waals surface area contributed by atoms with Gasteiger partial charge in [-0.25, -0.2) is 9.18 Å². The fraction of sp³-hybridized carbons (Fsp3) is 0.250. The van der Waals surface area contributed by atoms with E-state index in [0.29, 0.717) is 0 Å². The summed E-state index contributed by atoms with van der Waals surface area (Å²) in [6, 6.07) is 30.0.